The van der Waals surface area contributed by atoms with Crippen LogP contribution < -0.4 is 5.32 Å². The van der Waals surface area contributed by atoms with Crippen molar-refractivity contribution in [1.29, 1.82) is 0 Å². The smallest absolute Gasteiger partial charge is 0.265 e. The van der Waals surface area contributed by atoms with Gasteiger partial charge in [-0.1, -0.05) is 70.7 Å². The average Bonchev–Trinajstić information content (AvgIpc) is 3.60. The van der Waals surface area contributed by atoms with Crippen molar-refractivity contribution in [3.8, 4) is 0 Å². The largest absolute Gasteiger partial charge is 0.333 e. The first-order valence-electron chi connectivity index (χ1n) is 15.4. The van der Waals surface area contributed by atoms with E-state index in [0.29, 0.717) is 31.5 Å². The highest BCUT2D eigenvalue weighted by atomic mass is 32.2. The van der Waals surface area contributed by atoms with Crippen LogP contribution in [0.2, 0.25) is 0 Å². The van der Waals surface area contributed by atoms with E-state index in [4.69, 9.17) is 4.84 Å². The molecule has 1 aromatic heterocycles. The van der Waals surface area contributed by atoms with Gasteiger partial charge in [-0.15, -0.1) is 0 Å². The summed E-state index contributed by atoms with van der Waals surface area (Å²) in [4.78, 5) is 38.0. The summed E-state index contributed by atoms with van der Waals surface area (Å²) in [5.74, 6) is -0.400. The number of thiophene rings is 1. The highest BCUT2D eigenvalue weighted by Crippen LogP contribution is 2.33. The highest BCUT2D eigenvalue weighted by Gasteiger charge is 2.51. The van der Waals surface area contributed by atoms with Crippen LogP contribution >= 0.6 is 11.3 Å². The summed E-state index contributed by atoms with van der Waals surface area (Å²) in [6.45, 7) is 2.93. The van der Waals surface area contributed by atoms with Gasteiger partial charge in [0.05, 0.1) is 24.1 Å². The maximum Gasteiger partial charge on any atom is 0.265 e. The van der Waals surface area contributed by atoms with Gasteiger partial charge in [0.2, 0.25) is 5.91 Å². The molecule has 0 aliphatic carbocycles. The lowest BCUT2D eigenvalue weighted by Gasteiger charge is -2.53. The van der Waals surface area contributed by atoms with E-state index in [9.17, 15) is 18.0 Å². The molecule has 1 N–H and O–H groups in total. The summed E-state index contributed by atoms with van der Waals surface area (Å²) >= 11 is 1.60. The second kappa shape index (κ2) is 13.9. The van der Waals surface area contributed by atoms with Crippen LogP contribution in [0, 0.1) is 6.92 Å². The maximum atomic E-state index is 14.6. The molecule has 0 radical (unpaired) electrons. The number of rotatable bonds is 10. The third-order valence-corrected chi connectivity index (χ3v) is 11.3. The molecular formula is C35H38N4O5S2. The third kappa shape index (κ3) is 6.65. The van der Waals surface area contributed by atoms with Crippen molar-refractivity contribution in [2.45, 2.75) is 55.4 Å². The number of hydrogen-bond donors (Lipinski definition) is 1. The minimum absolute atomic E-state index is 0.114. The van der Waals surface area contributed by atoms with E-state index in [2.05, 4.69) is 10.7 Å². The molecule has 4 aromatic rings. The topological polar surface area (TPSA) is 99.3 Å². The first-order chi connectivity index (χ1) is 22.3. The molecule has 3 heterocycles. The number of piperazine rings is 1. The Morgan fingerprint density at radius 2 is 1.72 bits per heavy atom. The van der Waals surface area contributed by atoms with E-state index < -0.39 is 22.1 Å². The summed E-state index contributed by atoms with van der Waals surface area (Å²) in [5.41, 5.74) is 3.53. The number of hydrogen-bond acceptors (Lipinski definition) is 7. The Bertz CT molecular complexity index is 1750. The Hall–Kier alpha value is -3.87. The van der Waals surface area contributed by atoms with Crippen molar-refractivity contribution in [3.63, 3.8) is 0 Å². The molecule has 2 aliphatic heterocycles. The summed E-state index contributed by atoms with van der Waals surface area (Å²) in [6.07, 6.45) is 0.725. The van der Waals surface area contributed by atoms with Crippen molar-refractivity contribution in [3.05, 3.63) is 124 Å². The molecular weight excluding hydrogens is 621 g/mol. The third-order valence-electron chi connectivity index (χ3n) is 8.83. The monoisotopic (exact) mass is 658 g/mol. The van der Waals surface area contributed by atoms with E-state index >= 15 is 0 Å². The van der Waals surface area contributed by atoms with Crippen molar-refractivity contribution in [1.82, 2.24) is 19.6 Å². The Labute approximate surface area is 274 Å². The summed E-state index contributed by atoms with van der Waals surface area (Å²) in [6, 6.07) is 25.2. The Morgan fingerprint density at radius 3 is 2.39 bits per heavy atom. The summed E-state index contributed by atoms with van der Waals surface area (Å²) in [7, 11) is -2.69. The molecule has 3 aromatic carbocycles. The molecule has 4 unspecified atom stereocenters. The molecule has 6 rings (SSSR count). The van der Waals surface area contributed by atoms with Gasteiger partial charge in [0, 0.05) is 37.7 Å². The van der Waals surface area contributed by atoms with Crippen LogP contribution in [0.3, 0.4) is 0 Å². The van der Waals surface area contributed by atoms with Crippen molar-refractivity contribution in [2.75, 3.05) is 20.2 Å². The maximum absolute atomic E-state index is 14.6. The number of hydroxylamine groups is 1. The van der Waals surface area contributed by atoms with E-state index in [1.54, 1.807) is 45.4 Å². The fourth-order valence-corrected chi connectivity index (χ4v) is 8.71. The lowest BCUT2D eigenvalue weighted by molar-refractivity contribution is -0.157. The van der Waals surface area contributed by atoms with Gasteiger partial charge in [0.25, 0.3) is 15.9 Å². The molecule has 0 bridgehead atoms. The molecule has 240 valence electrons. The van der Waals surface area contributed by atoms with Gasteiger partial charge in [-0.3, -0.25) is 14.4 Å². The number of nitrogens with one attached hydrogen (secondary N) is 1. The number of carbonyl (C=O) groups is 2. The molecule has 9 nitrogen and oxygen atoms in total. The van der Waals surface area contributed by atoms with Crippen LogP contribution in [0.1, 0.15) is 33.5 Å². The van der Waals surface area contributed by atoms with Gasteiger partial charge >= 0.3 is 0 Å². The lowest BCUT2D eigenvalue weighted by atomic mass is 9.87. The number of sulfonamides is 1. The molecule has 46 heavy (non-hydrogen) atoms. The van der Waals surface area contributed by atoms with Crippen LogP contribution in [0.4, 0.5) is 0 Å². The van der Waals surface area contributed by atoms with Crippen LogP contribution in [-0.2, 0) is 32.6 Å². The van der Waals surface area contributed by atoms with Crippen molar-refractivity contribution in [2.24, 2.45) is 0 Å². The van der Waals surface area contributed by atoms with Gasteiger partial charge in [-0.2, -0.15) is 11.3 Å². The van der Waals surface area contributed by atoms with Crippen molar-refractivity contribution >= 4 is 33.2 Å². The zero-order valence-electron chi connectivity index (χ0n) is 25.9. The lowest BCUT2D eigenvalue weighted by Crippen LogP contribution is -2.72. The molecule has 0 spiro atoms. The number of amides is 2. The van der Waals surface area contributed by atoms with Crippen LogP contribution in [0.25, 0.3) is 0 Å². The zero-order chi connectivity index (χ0) is 32.3. The van der Waals surface area contributed by atoms with Gasteiger partial charge in [0.1, 0.15) is 6.04 Å². The predicted molar refractivity (Wildman–Crippen MR) is 177 cm³/mol. The van der Waals surface area contributed by atoms with Gasteiger partial charge < -0.3 is 15.1 Å². The average molecular weight is 659 g/mol. The number of benzene rings is 3. The molecule has 2 fully saturated rings. The Morgan fingerprint density at radius 1 is 0.978 bits per heavy atom. The van der Waals surface area contributed by atoms with Crippen LogP contribution in [0.15, 0.2) is 107 Å². The minimum atomic E-state index is -4.03. The minimum Gasteiger partial charge on any atom is -0.333 e. The van der Waals surface area contributed by atoms with Gasteiger partial charge in [0.15, 0.2) is 0 Å². The van der Waals surface area contributed by atoms with Crippen LogP contribution in [-0.4, -0.2) is 78.9 Å². The first kappa shape index (κ1) is 32.1. The summed E-state index contributed by atoms with van der Waals surface area (Å²) in [5, 5.41) is 7.68. The normalized spacial score (nSPS) is 21.8. The number of aryl methyl sites for hydroxylation is 1. The highest BCUT2D eigenvalue weighted by molar-refractivity contribution is 7.89. The molecule has 0 saturated carbocycles. The van der Waals surface area contributed by atoms with E-state index in [1.165, 1.54) is 19.2 Å². The standard InChI is InChI=1S/C35H38N4O5S2/c1-25-10-9-13-28(18-25)34(40)38-23-33-31(36-21-27-16-17-45-24-27)20-29(39(44-2)46(42,43)30-14-7-4-8-15-30)22-37(33)35(41)32(38)19-26-11-5-3-6-12-26/h3-18,24,29,31-33,36H,19-23H2,1-2H3. The zero-order valence-corrected chi connectivity index (χ0v) is 27.5. The molecule has 2 aliphatic rings. The SMILES string of the molecule is CON(C1CC(NCc2ccsc2)C2CN(C(=O)c3cccc(C)c3)C(Cc3ccccc3)C(=O)N2C1)S(=O)(=O)c1ccccc1. The van der Waals surface area contributed by atoms with E-state index in [0.717, 1.165) is 21.2 Å². The molecule has 4 atom stereocenters. The van der Waals surface area contributed by atoms with Crippen LogP contribution in [0.5, 0.6) is 0 Å². The van der Waals surface area contributed by atoms with Gasteiger partial charge in [-0.05, 0) is 65.6 Å². The number of fused-ring (bicyclic) bond motifs is 1. The second-order valence-corrected chi connectivity index (χ2v) is 14.4. The van der Waals surface area contributed by atoms with E-state index in [1.807, 2.05) is 66.9 Å². The number of carbonyl (C=O) groups excluding carboxylic acids is 2. The Balaban J connectivity index is 1.37. The number of piperidine rings is 1. The number of nitrogens with zero attached hydrogens (tertiary/aromatic N) is 3. The molecule has 11 heteroatoms. The first-order valence-corrected chi connectivity index (χ1v) is 17.7. The quantitative estimate of drug-likeness (QED) is 0.252. The van der Waals surface area contributed by atoms with Gasteiger partial charge in [-0.25, -0.2) is 8.42 Å². The molecule has 2 amide bonds. The fraction of sp³-hybridized carbons (Fsp3) is 0.314. The van der Waals surface area contributed by atoms with E-state index in [-0.39, 0.29) is 35.3 Å². The summed E-state index contributed by atoms with van der Waals surface area (Å²) < 4.78 is 28.7. The van der Waals surface area contributed by atoms with Crippen molar-refractivity contribution < 1.29 is 22.8 Å². The molecule has 2 saturated heterocycles. The predicted octanol–water partition coefficient (Wildman–Crippen LogP) is 4.50. The fourth-order valence-electron chi connectivity index (χ4n) is 6.59. The Kier molecular flexibility index (Phi) is 9.67. The second-order valence-electron chi connectivity index (χ2n) is 11.9.